The maximum atomic E-state index is 5.19. The third-order valence-electron chi connectivity index (χ3n) is 7.20. The molecule has 4 aromatic heterocycles. The maximum Gasteiger partial charge on any atom is 0.165 e. The molecule has 0 spiro atoms. The monoisotopic (exact) mass is 499 g/mol. The molecule has 0 fully saturated rings. The van der Waals surface area contributed by atoms with Crippen molar-refractivity contribution in [2.75, 3.05) is 0 Å². The topological polar surface area (TPSA) is 56.0 Å². The van der Waals surface area contributed by atoms with E-state index in [4.69, 9.17) is 19.9 Å². The smallest absolute Gasteiger partial charge is 0.165 e. The minimum absolute atomic E-state index is 0.713. The second-order valence-electron chi connectivity index (χ2n) is 9.58. The number of fused-ring (bicyclic) bond motifs is 6. The summed E-state index contributed by atoms with van der Waals surface area (Å²) in [5.41, 5.74) is 8.43. The summed E-state index contributed by atoms with van der Waals surface area (Å²) < 4.78 is 2.05. The van der Waals surface area contributed by atoms with Crippen molar-refractivity contribution < 1.29 is 0 Å². The van der Waals surface area contributed by atoms with Gasteiger partial charge in [-0.15, -0.1) is 0 Å². The first-order valence-corrected chi connectivity index (χ1v) is 12.9. The number of rotatable bonds is 3. The summed E-state index contributed by atoms with van der Waals surface area (Å²) in [6.45, 7) is 0. The highest BCUT2D eigenvalue weighted by atomic mass is 15.1. The number of para-hydroxylation sites is 1. The quantitative estimate of drug-likeness (QED) is 0.247. The van der Waals surface area contributed by atoms with Gasteiger partial charge in [-0.25, -0.2) is 19.9 Å². The first-order chi connectivity index (χ1) is 19.3. The molecule has 0 radical (unpaired) electrons. The Labute approximate surface area is 224 Å². The molecule has 0 bridgehead atoms. The van der Waals surface area contributed by atoms with Crippen molar-refractivity contribution in [3.63, 3.8) is 0 Å². The summed E-state index contributed by atoms with van der Waals surface area (Å²) in [4.78, 5) is 20.0. The van der Waals surface area contributed by atoms with Gasteiger partial charge in [-0.05, 0) is 24.3 Å². The number of imidazole rings is 1. The van der Waals surface area contributed by atoms with Gasteiger partial charge < -0.3 is 0 Å². The second-order valence-corrected chi connectivity index (χ2v) is 9.58. The zero-order chi connectivity index (χ0) is 25.8. The number of nitrogens with zero attached hydrogens (tertiary/aromatic N) is 5. The minimum Gasteiger partial charge on any atom is -0.284 e. The van der Waals surface area contributed by atoms with Crippen LogP contribution in [0.25, 0.3) is 72.4 Å². The number of benzene rings is 4. The molecule has 0 saturated heterocycles. The van der Waals surface area contributed by atoms with Gasteiger partial charge in [0.25, 0.3) is 0 Å². The molecule has 0 N–H and O–H groups in total. The molecular formula is C34H21N5. The highest BCUT2D eigenvalue weighted by molar-refractivity contribution is 6.09. The van der Waals surface area contributed by atoms with E-state index in [2.05, 4.69) is 59.0 Å². The summed E-state index contributed by atoms with van der Waals surface area (Å²) >= 11 is 0. The predicted octanol–water partition coefficient (Wildman–Crippen LogP) is 7.98. The van der Waals surface area contributed by atoms with Crippen LogP contribution in [0.1, 0.15) is 0 Å². The summed E-state index contributed by atoms with van der Waals surface area (Å²) in [6.07, 6.45) is 2.02. The van der Waals surface area contributed by atoms with Crippen LogP contribution in [0.4, 0.5) is 0 Å². The average Bonchev–Trinajstić information content (AvgIpc) is 3.39. The van der Waals surface area contributed by atoms with Gasteiger partial charge >= 0.3 is 0 Å². The lowest BCUT2D eigenvalue weighted by Crippen LogP contribution is -1.96. The highest BCUT2D eigenvalue weighted by Gasteiger charge is 2.16. The van der Waals surface area contributed by atoms with Crippen molar-refractivity contribution in [2.45, 2.75) is 0 Å². The SMILES string of the molecule is c1ccc(-c2nc(-c3cccc(-c4nc5c(nc6ccccn65)c5ccccc45)c3)c3ccccc3n2)cc1. The van der Waals surface area contributed by atoms with Gasteiger partial charge in [0.1, 0.15) is 11.2 Å². The van der Waals surface area contributed by atoms with Gasteiger partial charge in [-0.2, -0.15) is 0 Å². The van der Waals surface area contributed by atoms with Crippen LogP contribution >= 0.6 is 0 Å². The zero-order valence-electron chi connectivity index (χ0n) is 20.9. The summed E-state index contributed by atoms with van der Waals surface area (Å²) in [6, 6.07) is 41.2. The van der Waals surface area contributed by atoms with Crippen molar-refractivity contribution in [3.8, 4) is 33.9 Å². The van der Waals surface area contributed by atoms with E-state index in [1.165, 1.54) is 0 Å². The van der Waals surface area contributed by atoms with Gasteiger partial charge in [0.05, 0.1) is 16.9 Å². The van der Waals surface area contributed by atoms with Gasteiger partial charge in [0.2, 0.25) is 0 Å². The first kappa shape index (κ1) is 21.6. The van der Waals surface area contributed by atoms with E-state index in [1.807, 2.05) is 72.9 Å². The molecule has 0 unspecified atom stereocenters. The third-order valence-corrected chi connectivity index (χ3v) is 7.20. The Morgan fingerprint density at radius 1 is 0.462 bits per heavy atom. The fourth-order valence-electron chi connectivity index (χ4n) is 5.38. The van der Waals surface area contributed by atoms with E-state index in [9.17, 15) is 0 Å². The van der Waals surface area contributed by atoms with Crippen LogP contribution < -0.4 is 0 Å². The zero-order valence-corrected chi connectivity index (χ0v) is 20.9. The highest BCUT2D eigenvalue weighted by Crippen LogP contribution is 2.35. The Hall–Kier alpha value is -5.42. The maximum absolute atomic E-state index is 5.19. The van der Waals surface area contributed by atoms with Crippen LogP contribution in [0.3, 0.4) is 0 Å². The van der Waals surface area contributed by atoms with E-state index >= 15 is 0 Å². The molecule has 8 rings (SSSR count). The van der Waals surface area contributed by atoms with Crippen molar-refractivity contribution in [1.29, 1.82) is 0 Å². The number of hydrogen-bond acceptors (Lipinski definition) is 4. The molecule has 5 heteroatoms. The normalized spacial score (nSPS) is 11.6. The molecule has 0 aliphatic rings. The van der Waals surface area contributed by atoms with Crippen molar-refractivity contribution in [3.05, 3.63) is 128 Å². The molecular weight excluding hydrogens is 478 g/mol. The molecule has 0 aliphatic carbocycles. The van der Waals surface area contributed by atoms with Gasteiger partial charge in [0.15, 0.2) is 11.5 Å². The van der Waals surface area contributed by atoms with Crippen molar-refractivity contribution in [1.82, 2.24) is 24.3 Å². The fraction of sp³-hybridized carbons (Fsp3) is 0. The van der Waals surface area contributed by atoms with Crippen molar-refractivity contribution in [2.24, 2.45) is 0 Å². The predicted molar refractivity (Wildman–Crippen MR) is 157 cm³/mol. The Balaban J connectivity index is 1.38. The van der Waals surface area contributed by atoms with E-state index in [-0.39, 0.29) is 0 Å². The molecule has 5 nitrogen and oxygen atoms in total. The minimum atomic E-state index is 0.713. The van der Waals surface area contributed by atoms with Crippen LogP contribution in [0, 0.1) is 0 Å². The number of aromatic nitrogens is 5. The summed E-state index contributed by atoms with van der Waals surface area (Å²) in [7, 11) is 0. The van der Waals surface area contributed by atoms with Crippen LogP contribution in [-0.2, 0) is 0 Å². The average molecular weight is 500 g/mol. The van der Waals surface area contributed by atoms with Gasteiger partial charge in [-0.1, -0.05) is 97.1 Å². The molecule has 4 heterocycles. The van der Waals surface area contributed by atoms with Crippen molar-refractivity contribution >= 4 is 38.5 Å². The fourth-order valence-corrected chi connectivity index (χ4v) is 5.38. The van der Waals surface area contributed by atoms with Gasteiger partial charge in [0, 0.05) is 39.0 Å². The lowest BCUT2D eigenvalue weighted by atomic mass is 9.99. The largest absolute Gasteiger partial charge is 0.284 e. The van der Waals surface area contributed by atoms with Crippen LogP contribution in [-0.4, -0.2) is 24.3 Å². The lowest BCUT2D eigenvalue weighted by molar-refractivity contribution is 1.19. The first-order valence-electron chi connectivity index (χ1n) is 12.9. The van der Waals surface area contributed by atoms with E-state index < -0.39 is 0 Å². The van der Waals surface area contributed by atoms with Gasteiger partial charge in [-0.3, -0.25) is 4.40 Å². The molecule has 182 valence electrons. The van der Waals surface area contributed by atoms with E-state index in [1.54, 1.807) is 0 Å². The van der Waals surface area contributed by atoms with Crippen LogP contribution in [0.15, 0.2) is 128 Å². The Kier molecular flexibility index (Phi) is 4.76. The van der Waals surface area contributed by atoms with Crippen LogP contribution in [0.5, 0.6) is 0 Å². The molecule has 0 amide bonds. The lowest BCUT2D eigenvalue weighted by Gasteiger charge is -2.12. The molecule has 0 saturated carbocycles. The van der Waals surface area contributed by atoms with E-state index in [0.29, 0.717) is 5.82 Å². The van der Waals surface area contributed by atoms with Crippen LogP contribution in [0.2, 0.25) is 0 Å². The number of pyridine rings is 2. The van der Waals surface area contributed by atoms with E-state index in [0.717, 1.165) is 66.6 Å². The second kappa shape index (κ2) is 8.57. The Morgan fingerprint density at radius 3 is 1.97 bits per heavy atom. The summed E-state index contributed by atoms with van der Waals surface area (Å²) in [5, 5.41) is 3.18. The molecule has 39 heavy (non-hydrogen) atoms. The Morgan fingerprint density at radius 2 is 1.13 bits per heavy atom. The standard InChI is InChI=1S/C34H21N5/c1-2-11-22(12-3-1)33-35-28-18-7-6-17-27(28)31(37-33)24-14-10-13-23(21-24)30-25-15-4-5-16-26(25)32-34(38-30)39-20-9-8-19-29(39)36-32/h1-21H. The summed E-state index contributed by atoms with van der Waals surface area (Å²) in [5.74, 6) is 0.713. The number of hydrogen-bond donors (Lipinski definition) is 0. The molecule has 0 aliphatic heterocycles. The molecule has 8 aromatic rings. The molecule has 0 atom stereocenters. The molecule has 4 aromatic carbocycles. The third kappa shape index (κ3) is 3.48. The Bertz CT molecular complexity index is 2180.